The maximum atomic E-state index is 12.6. The molecule has 2 aliphatic heterocycles. The second-order valence-corrected chi connectivity index (χ2v) is 6.70. The number of aliphatic imine (C=N–C) groups is 1. The van der Waals surface area contributed by atoms with Crippen molar-refractivity contribution in [2.45, 2.75) is 38.8 Å². The summed E-state index contributed by atoms with van der Waals surface area (Å²) in [6.07, 6.45) is 6.06. The van der Waals surface area contributed by atoms with Gasteiger partial charge in [0.15, 0.2) is 5.82 Å². The van der Waals surface area contributed by atoms with Crippen LogP contribution in [0.1, 0.15) is 42.0 Å². The molecule has 0 saturated heterocycles. The first kappa shape index (κ1) is 15.3. The van der Waals surface area contributed by atoms with Crippen LogP contribution < -0.4 is 5.56 Å². The van der Waals surface area contributed by atoms with Gasteiger partial charge in [-0.3, -0.25) is 14.7 Å². The highest BCUT2D eigenvalue weighted by atomic mass is 16.1. The van der Waals surface area contributed by atoms with Crippen LogP contribution in [0.25, 0.3) is 0 Å². The highest BCUT2D eigenvalue weighted by Gasteiger charge is 2.23. The summed E-state index contributed by atoms with van der Waals surface area (Å²) >= 11 is 0. The Balaban J connectivity index is 1.57. The Morgan fingerprint density at radius 1 is 1.29 bits per heavy atom. The fraction of sp³-hybridized carbons (Fsp3) is 0.500. The quantitative estimate of drug-likeness (QED) is 0.933. The van der Waals surface area contributed by atoms with Crippen LogP contribution >= 0.6 is 0 Å². The molecule has 2 aromatic rings. The largest absolute Gasteiger partial charge is 0.353 e. The highest BCUT2D eigenvalue weighted by molar-refractivity contribution is 5.97. The van der Waals surface area contributed by atoms with Crippen LogP contribution in [0.5, 0.6) is 0 Å². The van der Waals surface area contributed by atoms with Crippen LogP contribution in [0, 0.1) is 0 Å². The van der Waals surface area contributed by atoms with Crippen molar-refractivity contribution in [3.8, 4) is 0 Å². The van der Waals surface area contributed by atoms with Crippen LogP contribution in [0.2, 0.25) is 0 Å². The van der Waals surface area contributed by atoms with Crippen molar-refractivity contribution in [1.29, 1.82) is 0 Å². The van der Waals surface area contributed by atoms with Gasteiger partial charge in [0.05, 0.1) is 17.0 Å². The van der Waals surface area contributed by atoms with E-state index in [1.165, 1.54) is 5.69 Å². The van der Waals surface area contributed by atoms with Gasteiger partial charge >= 0.3 is 0 Å². The number of hydrogen-bond acceptors (Lipinski definition) is 4. The predicted octanol–water partition coefficient (Wildman–Crippen LogP) is 1.64. The zero-order chi connectivity index (χ0) is 16.5. The molecule has 0 fully saturated rings. The minimum absolute atomic E-state index is 0.000135. The van der Waals surface area contributed by atoms with E-state index in [1.54, 1.807) is 0 Å². The lowest BCUT2D eigenvalue weighted by atomic mass is 10.0. The Morgan fingerprint density at radius 2 is 2.21 bits per heavy atom. The molecule has 0 aromatic carbocycles. The van der Waals surface area contributed by atoms with Crippen molar-refractivity contribution < 1.29 is 0 Å². The fourth-order valence-corrected chi connectivity index (χ4v) is 3.53. The molecular formula is C18H23N5O. The van der Waals surface area contributed by atoms with E-state index >= 15 is 0 Å². The van der Waals surface area contributed by atoms with Gasteiger partial charge in [-0.2, -0.15) is 0 Å². The number of aryl methyl sites for hydroxylation is 1. The molecule has 6 nitrogen and oxygen atoms in total. The molecule has 0 bridgehead atoms. The Morgan fingerprint density at radius 3 is 2.96 bits per heavy atom. The third-order valence-corrected chi connectivity index (χ3v) is 4.98. The van der Waals surface area contributed by atoms with Gasteiger partial charge < -0.3 is 9.55 Å². The van der Waals surface area contributed by atoms with Gasteiger partial charge in [-0.1, -0.05) is 0 Å². The summed E-state index contributed by atoms with van der Waals surface area (Å²) in [7, 11) is 2.05. The predicted molar refractivity (Wildman–Crippen MR) is 93.3 cm³/mol. The molecule has 2 aromatic heterocycles. The fourth-order valence-electron chi connectivity index (χ4n) is 3.53. The molecule has 0 spiro atoms. The van der Waals surface area contributed by atoms with Crippen molar-refractivity contribution in [3.63, 3.8) is 0 Å². The monoisotopic (exact) mass is 325 g/mol. The van der Waals surface area contributed by atoms with E-state index in [1.807, 2.05) is 0 Å². The molecule has 4 heterocycles. The van der Waals surface area contributed by atoms with E-state index < -0.39 is 0 Å². The van der Waals surface area contributed by atoms with Gasteiger partial charge in [0.1, 0.15) is 0 Å². The van der Waals surface area contributed by atoms with Crippen molar-refractivity contribution in [3.05, 3.63) is 51.5 Å². The minimum atomic E-state index is -0.000135. The molecule has 126 valence electrons. The Hall–Kier alpha value is -2.21. The first-order valence-corrected chi connectivity index (χ1v) is 8.69. The first-order valence-electron chi connectivity index (χ1n) is 8.69. The Bertz CT molecular complexity index is 832. The SMILES string of the molecule is Cn1cccc1CN1CCc2nc(C3=NCCCC3)[nH]c(=O)c2C1. The average molecular weight is 325 g/mol. The van der Waals surface area contributed by atoms with Gasteiger partial charge in [0.25, 0.3) is 5.56 Å². The third kappa shape index (κ3) is 2.94. The number of hydrogen-bond donors (Lipinski definition) is 1. The summed E-state index contributed by atoms with van der Waals surface area (Å²) in [5.74, 6) is 0.689. The summed E-state index contributed by atoms with van der Waals surface area (Å²) in [5, 5.41) is 0. The van der Waals surface area contributed by atoms with Crippen LogP contribution in [0.4, 0.5) is 0 Å². The summed E-state index contributed by atoms with van der Waals surface area (Å²) in [6, 6.07) is 4.18. The summed E-state index contributed by atoms with van der Waals surface area (Å²) < 4.78 is 2.13. The van der Waals surface area contributed by atoms with Gasteiger partial charge in [-0.05, 0) is 31.4 Å². The lowest BCUT2D eigenvalue weighted by Gasteiger charge is -2.28. The standard InChI is InChI=1S/C18H23N5O/c1-22-9-4-5-13(22)11-23-10-7-15-14(12-23)18(24)21-17(20-15)16-6-2-3-8-19-16/h4-5,9H,2-3,6-8,10-12H2,1H3,(H,20,21,24). The summed E-state index contributed by atoms with van der Waals surface area (Å²) in [5.41, 5.74) is 3.99. The normalized spacial score (nSPS) is 18.3. The topological polar surface area (TPSA) is 66.3 Å². The van der Waals surface area contributed by atoms with Crippen LogP contribution in [-0.4, -0.2) is 38.2 Å². The molecule has 0 saturated carbocycles. The van der Waals surface area contributed by atoms with E-state index in [4.69, 9.17) is 4.98 Å². The van der Waals surface area contributed by atoms with Crippen molar-refractivity contribution in [2.24, 2.45) is 12.0 Å². The molecular weight excluding hydrogens is 302 g/mol. The second-order valence-electron chi connectivity index (χ2n) is 6.70. The van der Waals surface area contributed by atoms with E-state index in [9.17, 15) is 4.79 Å². The van der Waals surface area contributed by atoms with E-state index in [0.29, 0.717) is 12.4 Å². The van der Waals surface area contributed by atoms with Gasteiger partial charge in [-0.15, -0.1) is 0 Å². The molecule has 0 amide bonds. The zero-order valence-corrected chi connectivity index (χ0v) is 14.1. The molecule has 0 aliphatic carbocycles. The number of fused-ring (bicyclic) bond motifs is 1. The van der Waals surface area contributed by atoms with Gasteiger partial charge in [-0.25, -0.2) is 4.98 Å². The smallest absolute Gasteiger partial charge is 0.255 e. The Labute approximate surface area is 141 Å². The molecule has 2 aliphatic rings. The number of nitrogens with zero attached hydrogens (tertiary/aromatic N) is 4. The second kappa shape index (κ2) is 6.36. The average Bonchev–Trinajstić information content (AvgIpc) is 3.01. The van der Waals surface area contributed by atoms with Crippen LogP contribution in [0.15, 0.2) is 28.1 Å². The summed E-state index contributed by atoms with van der Waals surface area (Å²) in [4.78, 5) is 27.1. The van der Waals surface area contributed by atoms with Crippen molar-refractivity contribution in [2.75, 3.05) is 13.1 Å². The van der Waals surface area contributed by atoms with Gasteiger partial charge in [0.2, 0.25) is 0 Å². The number of aromatic nitrogens is 3. The number of aromatic amines is 1. The van der Waals surface area contributed by atoms with Crippen LogP contribution in [-0.2, 0) is 26.6 Å². The molecule has 24 heavy (non-hydrogen) atoms. The van der Waals surface area contributed by atoms with E-state index in [0.717, 1.165) is 62.3 Å². The zero-order valence-electron chi connectivity index (χ0n) is 14.1. The van der Waals surface area contributed by atoms with Crippen molar-refractivity contribution >= 4 is 5.71 Å². The molecule has 1 N–H and O–H groups in total. The molecule has 4 rings (SSSR count). The highest BCUT2D eigenvalue weighted by Crippen LogP contribution is 2.18. The lowest BCUT2D eigenvalue weighted by molar-refractivity contribution is 0.236. The molecule has 0 unspecified atom stereocenters. The molecule has 0 atom stereocenters. The number of nitrogens with one attached hydrogen (secondary N) is 1. The lowest BCUT2D eigenvalue weighted by Crippen LogP contribution is -2.36. The van der Waals surface area contributed by atoms with Gasteiger partial charge in [0, 0.05) is 51.5 Å². The van der Waals surface area contributed by atoms with E-state index in [2.05, 4.69) is 44.8 Å². The van der Waals surface area contributed by atoms with E-state index in [-0.39, 0.29) is 5.56 Å². The van der Waals surface area contributed by atoms with Crippen molar-refractivity contribution in [1.82, 2.24) is 19.4 Å². The summed E-state index contributed by atoms with van der Waals surface area (Å²) in [6.45, 7) is 3.30. The molecule has 6 heteroatoms. The maximum absolute atomic E-state index is 12.6. The minimum Gasteiger partial charge on any atom is -0.353 e. The number of H-pyrrole nitrogens is 1. The molecule has 0 radical (unpaired) electrons. The third-order valence-electron chi connectivity index (χ3n) is 4.98. The van der Waals surface area contributed by atoms with Crippen LogP contribution in [0.3, 0.4) is 0 Å². The number of rotatable bonds is 3. The first-order chi connectivity index (χ1) is 11.7. The maximum Gasteiger partial charge on any atom is 0.255 e. The Kier molecular flexibility index (Phi) is 4.06.